The van der Waals surface area contributed by atoms with Crippen LogP contribution in [0.4, 0.5) is 0 Å². The van der Waals surface area contributed by atoms with Crippen molar-refractivity contribution in [3.8, 4) is 0 Å². The highest BCUT2D eigenvalue weighted by molar-refractivity contribution is 7.80. The molecular weight excluding hydrogens is 268 g/mol. The van der Waals surface area contributed by atoms with Gasteiger partial charge in [0.2, 0.25) is 0 Å². The Morgan fingerprint density at radius 2 is 1.60 bits per heavy atom. The largest absolute Gasteiger partial charge is 0.367 e. The average molecular weight is 284 g/mol. The van der Waals surface area contributed by atoms with E-state index in [-0.39, 0.29) is 6.04 Å². The van der Waals surface area contributed by atoms with E-state index in [1.54, 1.807) is 0 Å². The summed E-state index contributed by atoms with van der Waals surface area (Å²) < 4.78 is 0. The summed E-state index contributed by atoms with van der Waals surface area (Å²) in [6.45, 7) is 0. The van der Waals surface area contributed by atoms with E-state index in [0.717, 1.165) is 11.1 Å². The van der Waals surface area contributed by atoms with E-state index < -0.39 is 5.72 Å². The molecule has 1 heterocycles. The first-order valence-corrected chi connectivity index (χ1v) is 7.00. The van der Waals surface area contributed by atoms with Crippen molar-refractivity contribution in [3.63, 3.8) is 0 Å². The second-order valence-corrected chi connectivity index (χ2v) is 5.40. The molecule has 2 atom stereocenters. The maximum atomic E-state index is 10.9. The van der Waals surface area contributed by atoms with Crippen molar-refractivity contribution in [3.05, 3.63) is 71.8 Å². The number of benzene rings is 2. The Hall–Kier alpha value is -1.91. The Bertz CT molecular complexity index is 602. The van der Waals surface area contributed by atoms with Crippen LogP contribution in [0.3, 0.4) is 0 Å². The van der Waals surface area contributed by atoms with Crippen LogP contribution >= 0.6 is 12.2 Å². The molecule has 0 saturated carbocycles. The Kier molecular flexibility index (Phi) is 3.42. The van der Waals surface area contributed by atoms with Crippen LogP contribution in [-0.4, -0.2) is 10.2 Å². The van der Waals surface area contributed by atoms with Crippen molar-refractivity contribution in [2.45, 2.75) is 18.2 Å². The molecule has 3 rings (SSSR count). The minimum atomic E-state index is -1.13. The second kappa shape index (κ2) is 5.23. The zero-order chi connectivity index (χ0) is 14.0. The average Bonchev–Trinajstić information content (AvgIpc) is 2.48. The highest BCUT2D eigenvalue weighted by Gasteiger charge is 2.37. The molecule has 0 amide bonds. The Balaban J connectivity index is 1.92. The summed E-state index contributed by atoms with van der Waals surface area (Å²) in [5.74, 6) is 0. The highest BCUT2D eigenvalue weighted by atomic mass is 32.1. The van der Waals surface area contributed by atoms with Gasteiger partial charge in [-0.05, 0) is 17.8 Å². The third-order valence-electron chi connectivity index (χ3n) is 3.58. The molecule has 3 N–H and O–H groups in total. The molecule has 0 spiro atoms. The van der Waals surface area contributed by atoms with Crippen LogP contribution in [-0.2, 0) is 5.72 Å². The molecule has 1 saturated heterocycles. The van der Waals surface area contributed by atoms with Crippen LogP contribution in [0.5, 0.6) is 0 Å². The SMILES string of the molecule is OC1(c2ccccc2)CC(c2ccccc2)NC(=S)N1. The highest BCUT2D eigenvalue weighted by Crippen LogP contribution is 2.32. The fourth-order valence-electron chi connectivity index (χ4n) is 2.57. The molecule has 1 aliphatic heterocycles. The lowest BCUT2D eigenvalue weighted by atomic mass is 9.90. The van der Waals surface area contributed by atoms with Gasteiger partial charge >= 0.3 is 0 Å². The standard InChI is InChI=1S/C16H16N2OS/c19-16(13-9-5-2-6-10-13)11-14(17-15(20)18-16)12-7-3-1-4-8-12/h1-10,14,19H,11H2,(H2,17,18,20). The molecule has 3 nitrogen and oxygen atoms in total. The van der Waals surface area contributed by atoms with Gasteiger partial charge in [0.05, 0.1) is 6.04 Å². The van der Waals surface area contributed by atoms with Crippen LogP contribution in [0, 0.1) is 0 Å². The van der Waals surface area contributed by atoms with Crippen LogP contribution in [0.25, 0.3) is 0 Å². The number of thiocarbonyl (C=S) groups is 1. The third-order valence-corrected chi connectivity index (χ3v) is 3.80. The zero-order valence-electron chi connectivity index (χ0n) is 10.9. The van der Waals surface area contributed by atoms with Crippen molar-refractivity contribution in [1.29, 1.82) is 0 Å². The lowest BCUT2D eigenvalue weighted by molar-refractivity contribution is -0.00668. The number of nitrogens with one attached hydrogen (secondary N) is 2. The van der Waals surface area contributed by atoms with Gasteiger partial charge in [-0.25, -0.2) is 0 Å². The predicted octanol–water partition coefficient (Wildman–Crippen LogP) is 2.44. The summed E-state index contributed by atoms with van der Waals surface area (Å²) in [5, 5.41) is 17.6. The quantitative estimate of drug-likeness (QED) is 0.741. The van der Waals surface area contributed by atoms with Crippen molar-refractivity contribution in [1.82, 2.24) is 10.6 Å². The molecule has 2 unspecified atom stereocenters. The first-order chi connectivity index (χ1) is 9.67. The van der Waals surface area contributed by atoms with Gasteiger partial charge in [0, 0.05) is 12.0 Å². The summed E-state index contributed by atoms with van der Waals surface area (Å²) in [6, 6.07) is 19.6. The van der Waals surface area contributed by atoms with Gasteiger partial charge in [-0.15, -0.1) is 0 Å². The summed E-state index contributed by atoms with van der Waals surface area (Å²) >= 11 is 5.25. The van der Waals surface area contributed by atoms with E-state index in [1.807, 2.05) is 60.7 Å². The van der Waals surface area contributed by atoms with E-state index in [2.05, 4.69) is 10.6 Å². The molecule has 2 aromatic carbocycles. The van der Waals surface area contributed by atoms with Gasteiger partial charge in [-0.3, -0.25) is 0 Å². The van der Waals surface area contributed by atoms with E-state index in [9.17, 15) is 5.11 Å². The molecule has 0 aromatic heterocycles. The number of hydrogen-bond donors (Lipinski definition) is 3. The summed E-state index contributed by atoms with van der Waals surface area (Å²) in [6.07, 6.45) is 0.515. The number of hydrogen-bond acceptors (Lipinski definition) is 2. The maximum Gasteiger partial charge on any atom is 0.169 e. The van der Waals surface area contributed by atoms with Crippen LogP contribution in [0.2, 0.25) is 0 Å². The topological polar surface area (TPSA) is 44.3 Å². The van der Waals surface area contributed by atoms with Gasteiger partial charge in [0.25, 0.3) is 0 Å². The Labute approximate surface area is 123 Å². The fourth-order valence-corrected chi connectivity index (χ4v) is 2.88. The van der Waals surface area contributed by atoms with Gasteiger partial charge < -0.3 is 15.7 Å². The van der Waals surface area contributed by atoms with Gasteiger partial charge in [0.1, 0.15) is 0 Å². The Morgan fingerprint density at radius 1 is 1.00 bits per heavy atom. The van der Waals surface area contributed by atoms with Gasteiger partial charge in [0.15, 0.2) is 10.8 Å². The molecule has 1 aliphatic rings. The van der Waals surface area contributed by atoms with E-state index >= 15 is 0 Å². The smallest absolute Gasteiger partial charge is 0.169 e. The van der Waals surface area contributed by atoms with Crippen LogP contribution < -0.4 is 10.6 Å². The molecule has 0 aliphatic carbocycles. The van der Waals surface area contributed by atoms with Gasteiger partial charge in [-0.2, -0.15) is 0 Å². The minimum Gasteiger partial charge on any atom is -0.367 e. The minimum absolute atomic E-state index is 0.00449. The molecular formula is C16H16N2OS. The summed E-state index contributed by atoms with van der Waals surface area (Å²) in [5.41, 5.74) is 0.805. The molecule has 20 heavy (non-hydrogen) atoms. The molecule has 4 heteroatoms. The second-order valence-electron chi connectivity index (χ2n) is 4.99. The van der Waals surface area contributed by atoms with Crippen molar-refractivity contribution < 1.29 is 5.11 Å². The normalized spacial score (nSPS) is 25.6. The lowest BCUT2D eigenvalue weighted by Gasteiger charge is -2.40. The number of rotatable bonds is 2. The summed E-state index contributed by atoms with van der Waals surface area (Å²) in [7, 11) is 0. The van der Waals surface area contributed by atoms with E-state index in [0.29, 0.717) is 11.5 Å². The van der Waals surface area contributed by atoms with Crippen molar-refractivity contribution >= 4 is 17.3 Å². The van der Waals surface area contributed by atoms with E-state index in [1.165, 1.54) is 0 Å². The summed E-state index contributed by atoms with van der Waals surface area (Å²) in [4.78, 5) is 0. The number of aliphatic hydroxyl groups is 1. The van der Waals surface area contributed by atoms with Crippen LogP contribution in [0.15, 0.2) is 60.7 Å². The fraction of sp³-hybridized carbons (Fsp3) is 0.188. The predicted molar refractivity (Wildman–Crippen MR) is 83.0 cm³/mol. The first-order valence-electron chi connectivity index (χ1n) is 6.59. The lowest BCUT2D eigenvalue weighted by Crippen LogP contribution is -2.57. The zero-order valence-corrected chi connectivity index (χ0v) is 11.7. The van der Waals surface area contributed by atoms with Crippen LogP contribution in [0.1, 0.15) is 23.6 Å². The van der Waals surface area contributed by atoms with Crippen molar-refractivity contribution in [2.75, 3.05) is 0 Å². The molecule has 0 radical (unpaired) electrons. The van der Waals surface area contributed by atoms with E-state index in [4.69, 9.17) is 12.2 Å². The molecule has 0 bridgehead atoms. The maximum absolute atomic E-state index is 10.9. The Morgan fingerprint density at radius 3 is 2.25 bits per heavy atom. The monoisotopic (exact) mass is 284 g/mol. The van der Waals surface area contributed by atoms with Crippen molar-refractivity contribution in [2.24, 2.45) is 0 Å². The molecule has 2 aromatic rings. The molecule has 1 fully saturated rings. The first kappa shape index (κ1) is 13.1. The molecule has 102 valence electrons. The third kappa shape index (κ3) is 2.53. The van der Waals surface area contributed by atoms with Gasteiger partial charge in [-0.1, -0.05) is 60.7 Å².